The van der Waals surface area contributed by atoms with Gasteiger partial charge in [-0.1, -0.05) is 20.8 Å². The Labute approximate surface area is 124 Å². The van der Waals surface area contributed by atoms with E-state index in [-0.39, 0.29) is 11.9 Å². The van der Waals surface area contributed by atoms with Gasteiger partial charge in [-0.05, 0) is 51.6 Å². The van der Waals surface area contributed by atoms with E-state index in [2.05, 4.69) is 43.2 Å². The lowest BCUT2D eigenvalue weighted by Gasteiger charge is -2.33. The topological polar surface area (TPSA) is 44.4 Å². The summed E-state index contributed by atoms with van der Waals surface area (Å²) in [6.45, 7) is 12.3. The summed E-state index contributed by atoms with van der Waals surface area (Å²) in [7, 11) is 0. The Balaban J connectivity index is 2.31. The Hall–Kier alpha value is -0.610. The molecule has 0 bridgehead atoms. The van der Waals surface area contributed by atoms with Crippen LogP contribution in [0.1, 0.15) is 53.4 Å². The van der Waals surface area contributed by atoms with Gasteiger partial charge in [0.2, 0.25) is 5.91 Å². The zero-order valence-electron chi connectivity index (χ0n) is 13.7. The normalized spacial score (nSPS) is 21.2. The fourth-order valence-corrected chi connectivity index (χ4v) is 2.80. The molecular formula is C16H33N3O. The van der Waals surface area contributed by atoms with Crippen molar-refractivity contribution >= 4 is 5.91 Å². The van der Waals surface area contributed by atoms with Crippen LogP contribution in [0.15, 0.2) is 0 Å². The van der Waals surface area contributed by atoms with Crippen molar-refractivity contribution in [2.24, 2.45) is 5.92 Å². The molecule has 2 unspecified atom stereocenters. The Morgan fingerprint density at radius 2 is 2.10 bits per heavy atom. The van der Waals surface area contributed by atoms with Gasteiger partial charge >= 0.3 is 0 Å². The van der Waals surface area contributed by atoms with Crippen LogP contribution in [0.25, 0.3) is 0 Å². The highest BCUT2D eigenvalue weighted by Crippen LogP contribution is 2.10. The summed E-state index contributed by atoms with van der Waals surface area (Å²) >= 11 is 0. The number of rotatable bonds is 8. The van der Waals surface area contributed by atoms with Crippen molar-refractivity contribution in [3.8, 4) is 0 Å². The lowest BCUT2D eigenvalue weighted by Crippen LogP contribution is -2.50. The molecule has 0 saturated carbocycles. The summed E-state index contributed by atoms with van der Waals surface area (Å²) in [5.41, 5.74) is 0. The largest absolute Gasteiger partial charge is 0.353 e. The third-order valence-corrected chi connectivity index (χ3v) is 4.12. The fraction of sp³-hybridized carbons (Fsp3) is 0.938. The molecule has 1 aliphatic rings. The average Bonchev–Trinajstić information content (AvgIpc) is 2.43. The number of amides is 1. The van der Waals surface area contributed by atoms with E-state index in [1.165, 1.54) is 19.3 Å². The number of nitrogens with zero attached hydrogens (tertiary/aromatic N) is 1. The smallest absolute Gasteiger partial charge is 0.234 e. The van der Waals surface area contributed by atoms with Crippen LogP contribution in [0.5, 0.6) is 0 Å². The first kappa shape index (κ1) is 17.4. The van der Waals surface area contributed by atoms with Gasteiger partial charge < -0.3 is 10.6 Å². The van der Waals surface area contributed by atoms with Crippen LogP contribution in [0.2, 0.25) is 0 Å². The van der Waals surface area contributed by atoms with Crippen LogP contribution in [-0.2, 0) is 4.79 Å². The number of likely N-dealkylation sites (N-methyl/N-ethyl adjacent to an activating group) is 1. The van der Waals surface area contributed by atoms with Crippen LogP contribution in [-0.4, -0.2) is 49.1 Å². The van der Waals surface area contributed by atoms with Gasteiger partial charge in [0.05, 0.1) is 6.54 Å². The van der Waals surface area contributed by atoms with Gasteiger partial charge in [-0.3, -0.25) is 9.69 Å². The molecule has 20 heavy (non-hydrogen) atoms. The Bertz CT molecular complexity index is 275. The maximum Gasteiger partial charge on any atom is 0.234 e. The highest BCUT2D eigenvalue weighted by Gasteiger charge is 2.21. The number of piperidine rings is 1. The maximum atomic E-state index is 12.1. The first-order valence-corrected chi connectivity index (χ1v) is 8.27. The summed E-state index contributed by atoms with van der Waals surface area (Å²) in [5, 5.41) is 6.56. The van der Waals surface area contributed by atoms with Crippen molar-refractivity contribution in [1.29, 1.82) is 0 Å². The van der Waals surface area contributed by atoms with Crippen LogP contribution in [0.4, 0.5) is 0 Å². The summed E-state index contributed by atoms with van der Waals surface area (Å²) in [6.07, 6.45) is 4.66. The Morgan fingerprint density at radius 1 is 1.35 bits per heavy atom. The van der Waals surface area contributed by atoms with E-state index >= 15 is 0 Å². The van der Waals surface area contributed by atoms with Gasteiger partial charge in [0.25, 0.3) is 0 Å². The van der Waals surface area contributed by atoms with Crippen molar-refractivity contribution in [3.63, 3.8) is 0 Å². The molecule has 4 nitrogen and oxygen atoms in total. The first-order chi connectivity index (χ1) is 9.52. The summed E-state index contributed by atoms with van der Waals surface area (Å²) in [4.78, 5) is 14.4. The molecule has 1 fully saturated rings. The van der Waals surface area contributed by atoms with Crippen molar-refractivity contribution in [3.05, 3.63) is 0 Å². The predicted molar refractivity (Wildman–Crippen MR) is 84.8 cm³/mol. The second-order valence-electron chi connectivity index (χ2n) is 6.50. The molecule has 0 aromatic rings. The molecule has 2 N–H and O–H groups in total. The standard InChI is InChI=1S/C16H33N3O/c1-5-19(15-7-6-10-17-11-15)12-16(20)18-14(4)9-8-13(2)3/h13-15,17H,5-12H2,1-4H3,(H,18,20). The van der Waals surface area contributed by atoms with Gasteiger partial charge in [-0.15, -0.1) is 0 Å². The molecule has 0 aromatic carbocycles. The predicted octanol–water partition coefficient (Wildman–Crippen LogP) is 2.00. The molecule has 0 radical (unpaired) electrons. The summed E-state index contributed by atoms with van der Waals surface area (Å²) in [5.74, 6) is 0.878. The van der Waals surface area contributed by atoms with Gasteiger partial charge in [0, 0.05) is 18.6 Å². The monoisotopic (exact) mass is 283 g/mol. The van der Waals surface area contributed by atoms with Crippen LogP contribution in [0, 0.1) is 5.92 Å². The van der Waals surface area contributed by atoms with E-state index in [1.807, 2.05) is 0 Å². The molecule has 0 aliphatic carbocycles. The molecule has 1 rings (SSSR count). The van der Waals surface area contributed by atoms with E-state index in [4.69, 9.17) is 0 Å². The van der Waals surface area contributed by atoms with Gasteiger partial charge in [0.1, 0.15) is 0 Å². The molecule has 4 heteroatoms. The zero-order chi connectivity index (χ0) is 15.0. The molecule has 118 valence electrons. The molecule has 1 aliphatic heterocycles. The number of carbonyl (C=O) groups excluding carboxylic acids is 1. The highest BCUT2D eigenvalue weighted by atomic mass is 16.2. The maximum absolute atomic E-state index is 12.1. The van der Waals surface area contributed by atoms with E-state index in [1.54, 1.807) is 0 Å². The van der Waals surface area contributed by atoms with Crippen LogP contribution in [0.3, 0.4) is 0 Å². The zero-order valence-corrected chi connectivity index (χ0v) is 13.7. The minimum Gasteiger partial charge on any atom is -0.353 e. The Kier molecular flexibility index (Phi) is 8.15. The molecule has 1 amide bonds. The van der Waals surface area contributed by atoms with Crippen molar-refractivity contribution in [2.45, 2.75) is 65.5 Å². The molecule has 1 heterocycles. The minimum atomic E-state index is 0.175. The average molecular weight is 283 g/mol. The second-order valence-corrected chi connectivity index (χ2v) is 6.50. The van der Waals surface area contributed by atoms with Gasteiger partial charge in [-0.25, -0.2) is 0 Å². The lowest BCUT2D eigenvalue weighted by atomic mass is 10.0. The van der Waals surface area contributed by atoms with Crippen LogP contribution < -0.4 is 10.6 Å². The van der Waals surface area contributed by atoms with E-state index in [9.17, 15) is 4.79 Å². The summed E-state index contributed by atoms with van der Waals surface area (Å²) in [6, 6.07) is 0.804. The lowest BCUT2D eigenvalue weighted by molar-refractivity contribution is -0.123. The fourth-order valence-electron chi connectivity index (χ4n) is 2.80. The second kappa shape index (κ2) is 9.35. The third kappa shape index (κ3) is 6.71. The number of hydrogen-bond acceptors (Lipinski definition) is 3. The molecule has 1 saturated heterocycles. The first-order valence-electron chi connectivity index (χ1n) is 8.27. The van der Waals surface area contributed by atoms with Gasteiger partial charge in [-0.2, -0.15) is 0 Å². The van der Waals surface area contributed by atoms with E-state index in [0.29, 0.717) is 18.5 Å². The van der Waals surface area contributed by atoms with Crippen molar-refractivity contribution < 1.29 is 4.79 Å². The van der Waals surface area contributed by atoms with Crippen LogP contribution >= 0.6 is 0 Å². The number of nitrogens with one attached hydrogen (secondary N) is 2. The third-order valence-electron chi connectivity index (χ3n) is 4.12. The quantitative estimate of drug-likeness (QED) is 0.716. The van der Waals surface area contributed by atoms with Crippen molar-refractivity contribution in [1.82, 2.24) is 15.5 Å². The van der Waals surface area contributed by atoms with Crippen molar-refractivity contribution in [2.75, 3.05) is 26.2 Å². The highest BCUT2D eigenvalue weighted by molar-refractivity contribution is 5.78. The number of carbonyl (C=O) groups is 1. The van der Waals surface area contributed by atoms with E-state index in [0.717, 1.165) is 26.1 Å². The molecule has 0 aromatic heterocycles. The molecule has 0 spiro atoms. The molecular weight excluding hydrogens is 250 g/mol. The number of hydrogen-bond donors (Lipinski definition) is 2. The van der Waals surface area contributed by atoms with E-state index < -0.39 is 0 Å². The summed E-state index contributed by atoms with van der Waals surface area (Å²) < 4.78 is 0. The SMILES string of the molecule is CCN(CC(=O)NC(C)CCC(C)C)C1CCCNC1. The minimum absolute atomic E-state index is 0.175. The molecule has 2 atom stereocenters. The van der Waals surface area contributed by atoms with Gasteiger partial charge in [0.15, 0.2) is 0 Å². The Morgan fingerprint density at radius 3 is 2.65 bits per heavy atom.